The minimum absolute atomic E-state index is 0.0935. The van der Waals surface area contributed by atoms with Gasteiger partial charge in [0.1, 0.15) is 28.2 Å². The van der Waals surface area contributed by atoms with E-state index in [4.69, 9.17) is 0 Å². The van der Waals surface area contributed by atoms with Gasteiger partial charge in [-0.25, -0.2) is 27.5 Å². The molecule has 1 aromatic carbocycles. The van der Waals surface area contributed by atoms with Gasteiger partial charge in [-0.1, -0.05) is 12.1 Å². The number of aryl methyl sites for hydroxylation is 1. The van der Waals surface area contributed by atoms with Crippen LogP contribution >= 0.6 is 0 Å². The van der Waals surface area contributed by atoms with Gasteiger partial charge in [-0.3, -0.25) is 0 Å². The SMILES string of the molecule is CCNc1cc(NCCNS(=O)(=O)c2ccccc2F)nc(C)n1. The van der Waals surface area contributed by atoms with Crippen LogP contribution in [0.2, 0.25) is 0 Å². The minimum Gasteiger partial charge on any atom is -0.370 e. The van der Waals surface area contributed by atoms with Crippen LogP contribution in [0.1, 0.15) is 12.7 Å². The van der Waals surface area contributed by atoms with E-state index >= 15 is 0 Å². The predicted molar refractivity (Wildman–Crippen MR) is 91.0 cm³/mol. The number of benzene rings is 1. The van der Waals surface area contributed by atoms with Crippen LogP contribution in [0.3, 0.4) is 0 Å². The number of nitrogens with one attached hydrogen (secondary N) is 3. The predicted octanol–water partition coefficient (Wildman–Crippen LogP) is 1.75. The van der Waals surface area contributed by atoms with Gasteiger partial charge in [0.25, 0.3) is 0 Å². The summed E-state index contributed by atoms with van der Waals surface area (Å²) in [6.07, 6.45) is 0. The van der Waals surface area contributed by atoms with Crippen molar-refractivity contribution < 1.29 is 12.8 Å². The first-order valence-electron chi connectivity index (χ1n) is 7.50. The zero-order valence-corrected chi connectivity index (χ0v) is 14.3. The van der Waals surface area contributed by atoms with E-state index < -0.39 is 15.8 Å². The molecule has 0 spiro atoms. The Morgan fingerprint density at radius 1 is 1.08 bits per heavy atom. The van der Waals surface area contributed by atoms with Crippen molar-refractivity contribution in [2.24, 2.45) is 0 Å². The minimum atomic E-state index is -3.88. The first-order chi connectivity index (χ1) is 11.4. The maximum Gasteiger partial charge on any atom is 0.243 e. The van der Waals surface area contributed by atoms with E-state index in [9.17, 15) is 12.8 Å². The molecule has 0 fully saturated rings. The summed E-state index contributed by atoms with van der Waals surface area (Å²) in [6.45, 7) is 4.86. The summed E-state index contributed by atoms with van der Waals surface area (Å²) >= 11 is 0. The lowest BCUT2D eigenvalue weighted by Gasteiger charge is -2.10. The van der Waals surface area contributed by atoms with Crippen molar-refractivity contribution in [3.05, 3.63) is 42.0 Å². The Kier molecular flexibility index (Phi) is 6.04. The monoisotopic (exact) mass is 353 g/mol. The summed E-state index contributed by atoms with van der Waals surface area (Å²) in [6, 6.07) is 6.99. The van der Waals surface area contributed by atoms with Gasteiger partial charge in [0, 0.05) is 25.7 Å². The van der Waals surface area contributed by atoms with Crippen LogP contribution < -0.4 is 15.4 Å². The molecule has 0 bridgehead atoms. The lowest BCUT2D eigenvalue weighted by molar-refractivity contribution is 0.558. The van der Waals surface area contributed by atoms with Crippen molar-refractivity contribution in [2.75, 3.05) is 30.3 Å². The molecule has 0 atom stereocenters. The van der Waals surface area contributed by atoms with Gasteiger partial charge >= 0.3 is 0 Å². The third-order valence-corrected chi connectivity index (χ3v) is 4.54. The molecule has 24 heavy (non-hydrogen) atoms. The summed E-state index contributed by atoms with van der Waals surface area (Å²) in [5.74, 6) is 1.10. The maximum absolute atomic E-state index is 13.6. The molecule has 0 aliphatic carbocycles. The van der Waals surface area contributed by atoms with Crippen molar-refractivity contribution in [1.29, 1.82) is 0 Å². The molecular weight excluding hydrogens is 333 g/mol. The van der Waals surface area contributed by atoms with Gasteiger partial charge in [0.2, 0.25) is 10.0 Å². The van der Waals surface area contributed by atoms with E-state index in [2.05, 4.69) is 25.3 Å². The van der Waals surface area contributed by atoms with E-state index in [1.807, 2.05) is 6.92 Å². The summed E-state index contributed by atoms with van der Waals surface area (Å²) in [7, 11) is -3.88. The zero-order chi connectivity index (χ0) is 17.6. The van der Waals surface area contributed by atoms with Crippen LogP contribution in [0.25, 0.3) is 0 Å². The fourth-order valence-corrected chi connectivity index (χ4v) is 3.16. The smallest absolute Gasteiger partial charge is 0.243 e. The van der Waals surface area contributed by atoms with E-state index in [0.29, 0.717) is 24.0 Å². The Morgan fingerprint density at radius 3 is 2.42 bits per heavy atom. The lowest BCUT2D eigenvalue weighted by Crippen LogP contribution is -2.29. The molecule has 9 heteroatoms. The van der Waals surface area contributed by atoms with Crippen molar-refractivity contribution in [3.63, 3.8) is 0 Å². The molecule has 3 N–H and O–H groups in total. The number of hydrogen-bond acceptors (Lipinski definition) is 6. The van der Waals surface area contributed by atoms with Gasteiger partial charge < -0.3 is 10.6 Å². The number of anilines is 2. The summed E-state index contributed by atoms with van der Waals surface area (Å²) in [4.78, 5) is 8.08. The molecule has 0 saturated carbocycles. The molecule has 2 rings (SSSR count). The first kappa shape index (κ1) is 18.1. The number of halogens is 1. The third kappa shape index (κ3) is 4.87. The molecule has 7 nitrogen and oxygen atoms in total. The second-order valence-electron chi connectivity index (χ2n) is 4.97. The third-order valence-electron chi connectivity index (χ3n) is 3.05. The molecule has 0 aliphatic rings. The van der Waals surface area contributed by atoms with Crippen LogP contribution in [0.4, 0.5) is 16.0 Å². The Balaban J connectivity index is 1.92. The molecule has 0 aliphatic heterocycles. The highest BCUT2D eigenvalue weighted by Crippen LogP contribution is 2.13. The van der Waals surface area contributed by atoms with Gasteiger partial charge in [-0.05, 0) is 26.0 Å². The second kappa shape index (κ2) is 8.02. The van der Waals surface area contributed by atoms with Crippen molar-refractivity contribution >= 4 is 21.7 Å². The quantitative estimate of drug-likeness (QED) is 0.626. The van der Waals surface area contributed by atoms with Gasteiger partial charge in [0.05, 0.1) is 0 Å². The largest absolute Gasteiger partial charge is 0.370 e. The maximum atomic E-state index is 13.6. The van der Waals surface area contributed by atoms with Crippen molar-refractivity contribution in [3.8, 4) is 0 Å². The number of nitrogens with zero attached hydrogens (tertiary/aromatic N) is 2. The van der Waals surface area contributed by atoms with Crippen molar-refractivity contribution in [2.45, 2.75) is 18.7 Å². The van der Waals surface area contributed by atoms with E-state index in [0.717, 1.165) is 12.6 Å². The van der Waals surface area contributed by atoms with Gasteiger partial charge in [0.15, 0.2) is 0 Å². The molecule has 2 aromatic rings. The Morgan fingerprint density at radius 2 is 1.75 bits per heavy atom. The lowest BCUT2D eigenvalue weighted by atomic mass is 10.4. The Labute approximate surface area is 140 Å². The van der Waals surface area contributed by atoms with Crippen LogP contribution in [-0.4, -0.2) is 38.0 Å². The Bertz CT molecular complexity index is 798. The molecule has 0 amide bonds. The summed E-state index contributed by atoms with van der Waals surface area (Å²) in [5, 5.41) is 6.10. The highest BCUT2D eigenvalue weighted by Gasteiger charge is 2.17. The van der Waals surface area contributed by atoms with E-state index in [1.54, 1.807) is 13.0 Å². The first-order valence-corrected chi connectivity index (χ1v) is 8.98. The molecule has 0 saturated heterocycles. The molecule has 1 heterocycles. The highest BCUT2D eigenvalue weighted by molar-refractivity contribution is 7.89. The van der Waals surface area contributed by atoms with Crippen LogP contribution in [0.15, 0.2) is 35.2 Å². The molecule has 130 valence electrons. The molecule has 0 radical (unpaired) electrons. The molecule has 0 unspecified atom stereocenters. The average Bonchev–Trinajstić information content (AvgIpc) is 2.52. The highest BCUT2D eigenvalue weighted by atomic mass is 32.2. The summed E-state index contributed by atoms with van der Waals surface area (Å²) in [5.41, 5.74) is 0. The topological polar surface area (TPSA) is 96.0 Å². The zero-order valence-electron chi connectivity index (χ0n) is 13.5. The second-order valence-corrected chi connectivity index (χ2v) is 6.71. The van der Waals surface area contributed by atoms with Gasteiger partial charge in [-0.2, -0.15) is 0 Å². The van der Waals surface area contributed by atoms with Crippen LogP contribution in [0.5, 0.6) is 0 Å². The van der Waals surface area contributed by atoms with Gasteiger partial charge in [-0.15, -0.1) is 0 Å². The normalized spacial score (nSPS) is 11.3. The summed E-state index contributed by atoms with van der Waals surface area (Å²) < 4.78 is 40.0. The fourth-order valence-electron chi connectivity index (χ4n) is 2.05. The van der Waals surface area contributed by atoms with E-state index in [1.165, 1.54) is 18.2 Å². The number of sulfonamides is 1. The van der Waals surface area contributed by atoms with Crippen LogP contribution in [-0.2, 0) is 10.0 Å². The van der Waals surface area contributed by atoms with Crippen molar-refractivity contribution in [1.82, 2.24) is 14.7 Å². The number of hydrogen-bond donors (Lipinski definition) is 3. The number of aromatic nitrogens is 2. The molecular formula is C15H20FN5O2S. The fraction of sp³-hybridized carbons (Fsp3) is 0.333. The van der Waals surface area contributed by atoms with Crippen LogP contribution in [0, 0.1) is 12.7 Å². The number of rotatable bonds is 8. The Hall–Kier alpha value is -2.26. The standard InChI is InChI=1S/C15H20FN5O2S/c1-3-17-14-10-15(21-11(2)20-14)18-8-9-19-24(22,23)13-7-5-4-6-12(13)16/h4-7,10,19H,3,8-9H2,1-2H3,(H2,17,18,20,21). The average molecular weight is 353 g/mol. The molecule has 1 aromatic heterocycles. The van der Waals surface area contributed by atoms with E-state index in [-0.39, 0.29) is 11.4 Å².